The molecule has 3 heteroatoms. The maximum atomic E-state index is 9.39. The first-order chi connectivity index (χ1) is 6.24. The number of phenolic OH excluding ortho intramolecular Hbond substituents is 1. The molecule has 0 unspecified atom stereocenters. The summed E-state index contributed by atoms with van der Waals surface area (Å²) in [5.41, 5.74) is 0.649. The first-order valence-electron chi connectivity index (χ1n) is 3.82. The van der Waals surface area contributed by atoms with Gasteiger partial charge in [0.15, 0.2) is 0 Å². The van der Waals surface area contributed by atoms with Gasteiger partial charge in [0.2, 0.25) is 0 Å². The van der Waals surface area contributed by atoms with Crippen molar-refractivity contribution in [3.63, 3.8) is 0 Å². The Morgan fingerprint density at radius 3 is 2.92 bits per heavy atom. The SMILES string of the molecule is Oc1ccc(Br)cc1C#CCCS. The van der Waals surface area contributed by atoms with Crippen molar-refractivity contribution in [1.29, 1.82) is 0 Å². The molecule has 0 saturated heterocycles. The standard InChI is InChI=1S/C10H9BrOS/c11-9-4-5-10(12)8(7-9)3-1-2-6-13/h4-5,7,12-13H,2,6H2. The second-order valence-corrected chi connectivity index (χ2v) is 3.80. The molecule has 0 aliphatic rings. The number of hydrogen-bond acceptors (Lipinski definition) is 2. The zero-order valence-electron chi connectivity index (χ0n) is 6.92. The fraction of sp³-hybridized carbons (Fsp3) is 0.200. The van der Waals surface area contributed by atoms with Crippen LogP contribution in [0, 0.1) is 11.8 Å². The first-order valence-corrected chi connectivity index (χ1v) is 5.25. The van der Waals surface area contributed by atoms with Gasteiger partial charge in [0, 0.05) is 16.6 Å². The predicted molar refractivity (Wildman–Crippen MR) is 61.2 cm³/mol. The van der Waals surface area contributed by atoms with Crippen LogP contribution in [0.1, 0.15) is 12.0 Å². The third kappa shape index (κ3) is 3.33. The van der Waals surface area contributed by atoms with E-state index < -0.39 is 0 Å². The molecule has 13 heavy (non-hydrogen) atoms. The quantitative estimate of drug-likeness (QED) is 0.585. The first kappa shape index (κ1) is 10.5. The third-order valence-electron chi connectivity index (χ3n) is 1.42. The van der Waals surface area contributed by atoms with Crippen molar-refractivity contribution < 1.29 is 5.11 Å². The van der Waals surface area contributed by atoms with Crippen molar-refractivity contribution in [2.24, 2.45) is 0 Å². The van der Waals surface area contributed by atoms with Crippen LogP contribution in [-0.4, -0.2) is 10.9 Å². The van der Waals surface area contributed by atoms with Gasteiger partial charge in [0.25, 0.3) is 0 Å². The maximum Gasteiger partial charge on any atom is 0.131 e. The molecule has 1 N–H and O–H groups in total. The number of phenols is 1. The average Bonchev–Trinajstić information content (AvgIpc) is 2.11. The Morgan fingerprint density at radius 2 is 2.23 bits per heavy atom. The van der Waals surface area contributed by atoms with Crippen LogP contribution in [0.15, 0.2) is 22.7 Å². The minimum absolute atomic E-state index is 0.217. The number of hydrogen-bond donors (Lipinski definition) is 2. The van der Waals surface area contributed by atoms with Crippen molar-refractivity contribution in [2.45, 2.75) is 6.42 Å². The molecule has 1 rings (SSSR count). The van der Waals surface area contributed by atoms with Crippen molar-refractivity contribution in [2.75, 3.05) is 5.75 Å². The van der Waals surface area contributed by atoms with Gasteiger partial charge in [0.05, 0.1) is 5.56 Å². The molecule has 0 atom stereocenters. The fourth-order valence-electron chi connectivity index (χ4n) is 0.822. The molecule has 0 amide bonds. The van der Waals surface area contributed by atoms with Crippen LogP contribution < -0.4 is 0 Å². The van der Waals surface area contributed by atoms with E-state index in [0.29, 0.717) is 5.56 Å². The summed E-state index contributed by atoms with van der Waals surface area (Å²) in [6, 6.07) is 5.19. The summed E-state index contributed by atoms with van der Waals surface area (Å²) in [5.74, 6) is 6.74. The molecule has 0 radical (unpaired) electrons. The molecule has 1 aromatic rings. The molecule has 0 fully saturated rings. The molecule has 0 aliphatic heterocycles. The van der Waals surface area contributed by atoms with Crippen molar-refractivity contribution in [3.8, 4) is 17.6 Å². The second-order valence-electron chi connectivity index (χ2n) is 2.44. The zero-order valence-corrected chi connectivity index (χ0v) is 9.40. The van der Waals surface area contributed by atoms with E-state index in [1.807, 2.05) is 0 Å². The molecule has 0 aromatic heterocycles. The van der Waals surface area contributed by atoms with E-state index in [4.69, 9.17) is 0 Å². The van der Waals surface area contributed by atoms with Crippen molar-refractivity contribution in [3.05, 3.63) is 28.2 Å². The Kier molecular flexibility index (Phi) is 4.20. The van der Waals surface area contributed by atoms with Crippen LogP contribution >= 0.6 is 28.6 Å². The van der Waals surface area contributed by atoms with Gasteiger partial charge in [-0.3, -0.25) is 0 Å². The van der Waals surface area contributed by atoms with E-state index in [2.05, 4.69) is 40.4 Å². The van der Waals surface area contributed by atoms with Crippen LogP contribution in [-0.2, 0) is 0 Å². The number of aromatic hydroxyl groups is 1. The second kappa shape index (κ2) is 5.21. The molecule has 1 nitrogen and oxygen atoms in total. The highest BCUT2D eigenvalue weighted by atomic mass is 79.9. The van der Waals surface area contributed by atoms with Gasteiger partial charge in [-0.2, -0.15) is 12.6 Å². The normalized spacial score (nSPS) is 9.08. The van der Waals surface area contributed by atoms with Crippen LogP contribution in [0.4, 0.5) is 0 Å². The molecule has 0 bridgehead atoms. The van der Waals surface area contributed by atoms with Gasteiger partial charge in [-0.05, 0) is 18.2 Å². The summed E-state index contributed by atoms with van der Waals surface area (Å²) in [6.45, 7) is 0. The van der Waals surface area contributed by atoms with Gasteiger partial charge < -0.3 is 5.11 Å². The molecule has 0 saturated carbocycles. The fourth-order valence-corrected chi connectivity index (χ4v) is 1.29. The van der Waals surface area contributed by atoms with Gasteiger partial charge in [0.1, 0.15) is 5.75 Å². The van der Waals surface area contributed by atoms with E-state index >= 15 is 0 Å². The molecule has 1 aromatic carbocycles. The highest BCUT2D eigenvalue weighted by Gasteiger charge is 1.96. The lowest BCUT2D eigenvalue weighted by Gasteiger charge is -1.96. The molecule has 0 aliphatic carbocycles. The minimum Gasteiger partial charge on any atom is -0.507 e. The van der Waals surface area contributed by atoms with E-state index in [-0.39, 0.29) is 5.75 Å². The Balaban J connectivity index is 2.89. The monoisotopic (exact) mass is 256 g/mol. The number of halogens is 1. The Bertz CT molecular complexity index is 352. The van der Waals surface area contributed by atoms with E-state index in [9.17, 15) is 5.11 Å². The molecule has 0 spiro atoms. The lowest BCUT2D eigenvalue weighted by atomic mass is 10.2. The number of thiol groups is 1. The summed E-state index contributed by atoms with van der Waals surface area (Å²) in [7, 11) is 0. The van der Waals surface area contributed by atoms with Gasteiger partial charge in [-0.1, -0.05) is 27.8 Å². The molecule has 68 valence electrons. The predicted octanol–water partition coefficient (Wildman–Crippen LogP) is 2.83. The van der Waals surface area contributed by atoms with E-state index in [1.54, 1.807) is 18.2 Å². The number of benzene rings is 1. The largest absolute Gasteiger partial charge is 0.507 e. The summed E-state index contributed by atoms with van der Waals surface area (Å²) in [6.07, 6.45) is 0.731. The topological polar surface area (TPSA) is 20.2 Å². The number of rotatable bonds is 1. The lowest BCUT2D eigenvalue weighted by molar-refractivity contribution is 0.473. The van der Waals surface area contributed by atoms with Crippen LogP contribution in [0.5, 0.6) is 5.75 Å². The van der Waals surface area contributed by atoms with Crippen molar-refractivity contribution in [1.82, 2.24) is 0 Å². The van der Waals surface area contributed by atoms with Crippen LogP contribution in [0.25, 0.3) is 0 Å². The molecular weight excluding hydrogens is 248 g/mol. The minimum atomic E-state index is 0.217. The van der Waals surface area contributed by atoms with Crippen LogP contribution in [0.2, 0.25) is 0 Å². The van der Waals surface area contributed by atoms with E-state index in [1.165, 1.54) is 0 Å². The lowest BCUT2D eigenvalue weighted by Crippen LogP contribution is -1.77. The smallest absolute Gasteiger partial charge is 0.131 e. The van der Waals surface area contributed by atoms with Crippen LogP contribution in [0.3, 0.4) is 0 Å². The van der Waals surface area contributed by atoms with Gasteiger partial charge >= 0.3 is 0 Å². The molecule has 0 heterocycles. The van der Waals surface area contributed by atoms with Gasteiger partial charge in [-0.15, -0.1) is 0 Å². The molecular formula is C10H9BrOS. The zero-order chi connectivity index (χ0) is 9.68. The Labute approximate surface area is 91.7 Å². The van der Waals surface area contributed by atoms with Crippen molar-refractivity contribution >= 4 is 28.6 Å². The highest BCUT2D eigenvalue weighted by molar-refractivity contribution is 9.10. The summed E-state index contributed by atoms with van der Waals surface area (Å²) in [5, 5.41) is 9.39. The maximum absolute atomic E-state index is 9.39. The Hall–Kier alpha value is -0.590. The summed E-state index contributed by atoms with van der Waals surface area (Å²) < 4.78 is 0.917. The Morgan fingerprint density at radius 1 is 1.46 bits per heavy atom. The highest BCUT2D eigenvalue weighted by Crippen LogP contribution is 2.20. The average molecular weight is 257 g/mol. The third-order valence-corrected chi connectivity index (χ3v) is 2.14. The summed E-state index contributed by atoms with van der Waals surface area (Å²) in [4.78, 5) is 0. The van der Waals surface area contributed by atoms with Gasteiger partial charge in [-0.25, -0.2) is 0 Å². The summed E-state index contributed by atoms with van der Waals surface area (Å²) >= 11 is 7.35. The van der Waals surface area contributed by atoms with E-state index in [0.717, 1.165) is 16.6 Å².